The summed E-state index contributed by atoms with van der Waals surface area (Å²) >= 11 is 0. The van der Waals surface area contributed by atoms with E-state index in [1.165, 1.54) is 5.56 Å². The maximum absolute atomic E-state index is 13.4. The molecular weight excluding hydrogens is 538 g/mol. The highest BCUT2D eigenvalue weighted by Gasteiger charge is 2.26. The second kappa shape index (κ2) is 11.9. The Morgan fingerprint density at radius 3 is 2.33 bits per heavy atom. The van der Waals surface area contributed by atoms with Crippen LogP contribution in [0.3, 0.4) is 0 Å². The molecule has 0 N–H and O–H groups in total. The molecule has 2 aromatic heterocycles. The first-order chi connectivity index (χ1) is 20.8. The smallest absolute Gasteiger partial charge is 0.263 e. The molecule has 1 amide bonds. The van der Waals surface area contributed by atoms with Crippen molar-refractivity contribution in [1.82, 2.24) is 20.0 Å². The van der Waals surface area contributed by atoms with Crippen molar-refractivity contribution in [1.29, 1.82) is 0 Å². The molecule has 0 saturated carbocycles. The first-order valence-electron chi connectivity index (χ1n) is 14.8. The number of fused-ring (bicyclic) bond motifs is 1. The Balaban J connectivity index is 1.34. The first-order valence-corrected chi connectivity index (χ1v) is 14.8. The van der Waals surface area contributed by atoms with Crippen LogP contribution in [0.25, 0.3) is 22.4 Å². The fourth-order valence-electron chi connectivity index (χ4n) is 5.54. The second-order valence-corrected chi connectivity index (χ2v) is 12.0. The number of hydrogen-bond donors (Lipinski definition) is 0. The first kappa shape index (κ1) is 28.4. The average Bonchev–Trinajstić information content (AvgIpc) is 3.29. The molecule has 8 heteroatoms. The highest BCUT2D eigenvalue weighted by atomic mass is 16.5. The summed E-state index contributed by atoms with van der Waals surface area (Å²) in [5.41, 5.74) is 5.24. The fourth-order valence-corrected chi connectivity index (χ4v) is 5.54. The highest BCUT2D eigenvalue weighted by Crippen LogP contribution is 2.35. The van der Waals surface area contributed by atoms with Gasteiger partial charge in [-0.3, -0.25) is 4.79 Å². The molecule has 3 heterocycles. The molecule has 1 fully saturated rings. The Labute approximate surface area is 252 Å². The lowest BCUT2D eigenvalue weighted by molar-refractivity contribution is 0.0767. The molecule has 5 aromatic rings. The summed E-state index contributed by atoms with van der Waals surface area (Å²) in [5.74, 6) is 2.22. The summed E-state index contributed by atoms with van der Waals surface area (Å²) in [4.78, 5) is 27.5. The molecule has 0 radical (unpaired) electrons. The van der Waals surface area contributed by atoms with Gasteiger partial charge in [-0.25, -0.2) is 4.98 Å². The maximum atomic E-state index is 13.4. The van der Waals surface area contributed by atoms with Crippen LogP contribution in [0.5, 0.6) is 5.75 Å². The third-order valence-corrected chi connectivity index (χ3v) is 8.01. The van der Waals surface area contributed by atoms with E-state index in [2.05, 4.69) is 67.2 Å². The number of anilines is 1. The molecular formula is C35H37N5O3. The van der Waals surface area contributed by atoms with E-state index in [0.717, 1.165) is 46.7 Å². The van der Waals surface area contributed by atoms with Gasteiger partial charge in [-0.15, -0.1) is 0 Å². The number of hydrogen-bond acceptors (Lipinski definition) is 7. The van der Waals surface area contributed by atoms with Crippen LogP contribution in [-0.2, 0) is 11.8 Å². The number of amides is 1. The van der Waals surface area contributed by atoms with Crippen molar-refractivity contribution in [3.63, 3.8) is 0 Å². The standard InChI is InChI=1S/C35H37N5O3/c1-35(2,3)27-15-11-25(12-16-27)31-30-32(36-29(37-33(30)43-38-31)23-24-9-6-5-7-10-24)39-19-8-20-40(22-21-39)34(41)26-13-17-28(42-4)18-14-26/h5-7,9-18H,8,19-23H2,1-4H3. The van der Waals surface area contributed by atoms with Crippen molar-refractivity contribution >= 4 is 22.8 Å². The molecule has 0 atom stereocenters. The molecule has 1 aliphatic rings. The maximum Gasteiger partial charge on any atom is 0.263 e. The fraction of sp³-hybridized carbons (Fsp3) is 0.314. The zero-order valence-electron chi connectivity index (χ0n) is 25.2. The second-order valence-electron chi connectivity index (χ2n) is 12.0. The Hall–Kier alpha value is -4.72. The Bertz CT molecular complexity index is 1710. The monoisotopic (exact) mass is 575 g/mol. The van der Waals surface area contributed by atoms with Gasteiger partial charge >= 0.3 is 0 Å². The molecule has 0 aliphatic carbocycles. The lowest BCUT2D eigenvalue weighted by Gasteiger charge is -2.24. The van der Waals surface area contributed by atoms with E-state index in [4.69, 9.17) is 19.2 Å². The summed E-state index contributed by atoms with van der Waals surface area (Å²) in [6, 6.07) is 26.0. The van der Waals surface area contributed by atoms with E-state index in [9.17, 15) is 4.79 Å². The van der Waals surface area contributed by atoms with Gasteiger partial charge in [0.15, 0.2) is 0 Å². The number of nitrogens with zero attached hydrogens (tertiary/aromatic N) is 5. The zero-order valence-corrected chi connectivity index (χ0v) is 25.2. The molecule has 0 spiro atoms. The van der Waals surface area contributed by atoms with Crippen molar-refractivity contribution in [2.45, 2.75) is 39.0 Å². The Morgan fingerprint density at radius 2 is 1.63 bits per heavy atom. The number of benzene rings is 3. The van der Waals surface area contributed by atoms with Gasteiger partial charge in [-0.05, 0) is 47.2 Å². The van der Waals surface area contributed by atoms with E-state index >= 15 is 0 Å². The molecule has 1 saturated heterocycles. The van der Waals surface area contributed by atoms with E-state index in [1.807, 2.05) is 47.4 Å². The minimum Gasteiger partial charge on any atom is -0.497 e. The SMILES string of the molecule is COc1ccc(C(=O)N2CCCN(c3nc(Cc4ccccc4)nc4onc(-c5ccc(C(C)(C)C)cc5)c34)CC2)cc1. The van der Waals surface area contributed by atoms with Crippen LogP contribution in [0, 0.1) is 0 Å². The van der Waals surface area contributed by atoms with E-state index < -0.39 is 0 Å². The lowest BCUT2D eigenvalue weighted by atomic mass is 9.86. The van der Waals surface area contributed by atoms with E-state index in [-0.39, 0.29) is 11.3 Å². The van der Waals surface area contributed by atoms with E-state index in [0.29, 0.717) is 43.2 Å². The van der Waals surface area contributed by atoms with Crippen molar-refractivity contribution in [3.05, 3.63) is 101 Å². The van der Waals surface area contributed by atoms with Gasteiger partial charge in [0.25, 0.3) is 11.6 Å². The van der Waals surface area contributed by atoms with Gasteiger partial charge < -0.3 is 19.1 Å². The third-order valence-electron chi connectivity index (χ3n) is 8.01. The van der Waals surface area contributed by atoms with Crippen LogP contribution in [0.4, 0.5) is 5.82 Å². The summed E-state index contributed by atoms with van der Waals surface area (Å²) in [6.45, 7) is 9.23. The van der Waals surface area contributed by atoms with Gasteiger partial charge in [-0.1, -0.05) is 80.5 Å². The topological polar surface area (TPSA) is 84.6 Å². The van der Waals surface area contributed by atoms with Crippen molar-refractivity contribution in [2.75, 3.05) is 38.2 Å². The number of carbonyl (C=O) groups excluding carboxylic acids is 1. The third kappa shape index (κ3) is 6.09. The summed E-state index contributed by atoms with van der Waals surface area (Å²) in [7, 11) is 1.62. The van der Waals surface area contributed by atoms with Gasteiger partial charge in [0.2, 0.25) is 0 Å². The molecule has 6 rings (SSSR count). The minimum atomic E-state index is 0.0201. The van der Waals surface area contributed by atoms with Crippen LogP contribution in [0.2, 0.25) is 0 Å². The van der Waals surface area contributed by atoms with Crippen LogP contribution in [-0.4, -0.2) is 59.2 Å². The molecule has 0 unspecified atom stereocenters. The molecule has 220 valence electrons. The average molecular weight is 576 g/mol. The summed E-state index contributed by atoms with van der Waals surface area (Å²) in [5, 5.41) is 5.30. The van der Waals surface area contributed by atoms with Crippen LogP contribution < -0.4 is 9.64 Å². The molecule has 1 aliphatic heterocycles. The van der Waals surface area contributed by atoms with Crippen LogP contribution in [0.15, 0.2) is 83.4 Å². The number of ether oxygens (including phenoxy) is 1. The van der Waals surface area contributed by atoms with Gasteiger partial charge in [0.1, 0.15) is 28.5 Å². The Morgan fingerprint density at radius 1 is 0.884 bits per heavy atom. The Kier molecular flexibility index (Phi) is 7.84. The van der Waals surface area contributed by atoms with Crippen LogP contribution in [0.1, 0.15) is 54.5 Å². The minimum absolute atomic E-state index is 0.0201. The van der Waals surface area contributed by atoms with Gasteiger partial charge in [0.05, 0.1) is 7.11 Å². The largest absolute Gasteiger partial charge is 0.497 e. The normalized spacial score (nSPS) is 14.1. The highest BCUT2D eigenvalue weighted by molar-refractivity contribution is 5.98. The number of rotatable bonds is 6. The molecule has 43 heavy (non-hydrogen) atoms. The van der Waals surface area contributed by atoms with Gasteiger partial charge in [-0.2, -0.15) is 4.98 Å². The van der Waals surface area contributed by atoms with Crippen LogP contribution >= 0.6 is 0 Å². The quantitative estimate of drug-likeness (QED) is 0.227. The number of aromatic nitrogens is 3. The number of carbonyl (C=O) groups is 1. The lowest BCUT2D eigenvalue weighted by Crippen LogP contribution is -2.35. The van der Waals surface area contributed by atoms with Crippen molar-refractivity contribution in [2.24, 2.45) is 0 Å². The molecule has 0 bridgehead atoms. The van der Waals surface area contributed by atoms with Gasteiger partial charge in [0, 0.05) is 43.7 Å². The zero-order chi connectivity index (χ0) is 30.0. The van der Waals surface area contributed by atoms with Crippen molar-refractivity contribution in [3.8, 4) is 17.0 Å². The number of methoxy groups -OCH3 is 1. The summed E-state index contributed by atoms with van der Waals surface area (Å²) in [6.07, 6.45) is 1.39. The van der Waals surface area contributed by atoms with Crippen molar-refractivity contribution < 1.29 is 14.1 Å². The molecule has 3 aromatic carbocycles. The summed E-state index contributed by atoms with van der Waals surface area (Å²) < 4.78 is 11.1. The molecule has 8 nitrogen and oxygen atoms in total. The predicted molar refractivity (Wildman–Crippen MR) is 169 cm³/mol. The predicted octanol–water partition coefficient (Wildman–Crippen LogP) is 6.53. The van der Waals surface area contributed by atoms with E-state index in [1.54, 1.807) is 7.11 Å².